The first-order valence-corrected chi connectivity index (χ1v) is 5.19. The van der Waals surface area contributed by atoms with E-state index in [1.54, 1.807) is 11.8 Å². The summed E-state index contributed by atoms with van der Waals surface area (Å²) < 4.78 is 0. The van der Waals surface area contributed by atoms with Gasteiger partial charge in [-0.05, 0) is 24.8 Å². The van der Waals surface area contributed by atoms with Gasteiger partial charge in [0.25, 0.3) is 0 Å². The third-order valence-electron chi connectivity index (χ3n) is 1.24. The highest BCUT2D eigenvalue weighted by atomic mass is 35.5. The first kappa shape index (κ1) is 9.61. The van der Waals surface area contributed by atoms with E-state index in [9.17, 15) is 0 Å². The third-order valence-corrected chi connectivity index (χ3v) is 2.04. The zero-order chi connectivity index (χ0) is 8.97. The second-order valence-electron chi connectivity index (χ2n) is 2.09. The van der Waals surface area contributed by atoms with E-state index in [-0.39, 0.29) is 5.28 Å². The van der Waals surface area contributed by atoms with Gasteiger partial charge in [0.2, 0.25) is 5.28 Å². The number of aromatic nitrogens is 2. The van der Waals surface area contributed by atoms with E-state index in [4.69, 9.17) is 11.6 Å². The van der Waals surface area contributed by atoms with E-state index in [2.05, 4.69) is 15.3 Å². The molecule has 1 rings (SSSR count). The molecule has 1 aromatic rings. The van der Waals surface area contributed by atoms with Crippen molar-refractivity contribution in [1.29, 1.82) is 0 Å². The van der Waals surface area contributed by atoms with Crippen molar-refractivity contribution in [1.82, 2.24) is 9.97 Å². The predicted octanol–water partition coefficient (Wildman–Crippen LogP) is 2.28. The molecular weight excluding hydrogens is 194 g/mol. The van der Waals surface area contributed by atoms with E-state index in [1.807, 2.05) is 19.2 Å². The molecule has 66 valence electrons. The number of nitrogens with one attached hydrogen (secondary N) is 1. The Morgan fingerprint density at radius 1 is 1.58 bits per heavy atom. The molecule has 1 heterocycles. The van der Waals surface area contributed by atoms with Gasteiger partial charge in [-0.2, -0.15) is 0 Å². The van der Waals surface area contributed by atoms with Gasteiger partial charge in [-0.15, -0.1) is 11.8 Å². The second kappa shape index (κ2) is 4.52. The lowest BCUT2D eigenvalue weighted by Crippen LogP contribution is -2.00. The van der Waals surface area contributed by atoms with Crippen molar-refractivity contribution in [3.8, 4) is 0 Å². The van der Waals surface area contributed by atoms with Crippen LogP contribution < -0.4 is 5.32 Å². The lowest BCUT2D eigenvalue weighted by molar-refractivity contribution is 1.03. The van der Waals surface area contributed by atoms with Crippen molar-refractivity contribution in [3.63, 3.8) is 0 Å². The lowest BCUT2D eigenvalue weighted by Gasteiger charge is -2.03. The maximum absolute atomic E-state index is 5.69. The largest absolute Gasteiger partial charge is 0.370 e. The quantitative estimate of drug-likeness (QED) is 0.465. The fourth-order valence-corrected chi connectivity index (χ4v) is 1.41. The summed E-state index contributed by atoms with van der Waals surface area (Å²) in [7, 11) is 0. The smallest absolute Gasteiger partial charge is 0.225 e. The molecule has 1 aromatic heterocycles. The van der Waals surface area contributed by atoms with Crippen molar-refractivity contribution in [3.05, 3.63) is 11.3 Å². The summed E-state index contributed by atoms with van der Waals surface area (Å²) in [5, 5.41) is 4.24. The average Bonchev–Trinajstić information content (AvgIpc) is 2.04. The van der Waals surface area contributed by atoms with Crippen LogP contribution in [0.15, 0.2) is 11.1 Å². The summed E-state index contributed by atoms with van der Waals surface area (Å²) in [5.74, 6) is 0.779. The van der Waals surface area contributed by atoms with Gasteiger partial charge in [-0.3, -0.25) is 0 Å². The Hall–Kier alpha value is -0.480. The minimum absolute atomic E-state index is 0.290. The first-order chi connectivity index (χ1) is 5.76. The Kier molecular flexibility index (Phi) is 3.62. The molecule has 5 heteroatoms. The standard InChI is InChI=1S/C7H10ClN3S/c1-3-9-5-4-6(12-2)11-7(8)10-5/h4H,3H2,1-2H3,(H,9,10,11). The number of halogens is 1. The second-order valence-corrected chi connectivity index (χ2v) is 3.26. The van der Waals surface area contributed by atoms with Gasteiger partial charge >= 0.3 is 0 Å². The summed E-state index contributed by atoms with van der Waals surface area (Å²) >= 11 is 7.24. The van der Waals surface area contributed by atoms with Gasteiger partial charge in [-0.25, -0.2) is 9.97 Å². The number of rotatable bonds is 3. The Morgan fingerprint density at radius 3 is 2.92 bits per heavy atom. The van der Waals surface area contributed by atoms with Crippen LogP contribution in [0.1, 0.15) is 6.92 Å². The lowest BCUT2D eigenvalue weighted by atomic mass is 10.5. The molecule has 1 N–H and O–H groups in total. The van der Waals surface area contributed by atoms with E-state index >= 15 is 0 Å². The fraction of sp³-hybridized carbons (Fsp3) is 0.429. The van der Waals surface area contributed by atoms with Gasteiger partial charge in [0.05, 0.1) is 0 Å². The summed E-state index contributed by atoms with van der Waals surface area (Å²) in [4.78, 5) is 8.01. The average molecular weight is 204 g/mol. The third kappa shape index (κ3) is 2.53. The van der Waals surface area contributed by atoms with Crippen molar-refractivity contribution < 1.29 is 0 Å². The van der Waals surface area contributed by atoms with Crippen LogP contribution in [0.3, 0.4) is 0 Å². The predicted molar refractivity (Wildman–Crippen MR) is 53.0 cm³/mol. The normalized spacial score (nSPS) is 9.92. The molecule has 0 bridgehead atoms. The van der Waals surface area contributed by atoms with Crippen molar-refractivity contribution in [2.75, 3.05) is 18.1 Å². The highest BCUT2D eigenvalue weighted by molar-refractivity contribution is 7.98. The molecule has 0 radical (unpaired) electrons. The highest BCUT2D eigenvalue weighted by Gasteiger charge is 1.99. The van der Waals surface area contributed by atoms with Gasteiger partial charge in [-0.1, -0.05) is 0 Å². The molecule has 0 atom stereocenters. The van der Waals surface area contributed by atoms with Gasteiger partial charge in [0.15, 0.2) is 0 Å². The Balaban J connectivity index is 2.90. The Morgan fingerprint density at radius 2 is 2.33 bits per heavy atom. The van der Waals surface area contributed by atoms with Crippen LogP contribution in [0.2, 0.25) is 5.28 Å². The number of nitrogens with zero attached hydrogens (tertiary/aromatic N) is 2. The number of hydrogen-bond acceptors (Lipinski definition) is 4. The van der Waals surface area contributed by atoms with Crippen LogP contribution in [-0.4, -0.2) is 22.8 Å². The number of thioether (sulfide) groups is 1. The summed E-state index contributed by atoms with van der Waals surface area (Å²) in [6.07, 6.45) is 1.95. The van der Waals surface area contributed by atoms with Crippen LogP contribution >= 0.6 is 23.4 Å². The minimum Gasteiger partial charge on any atom is -0.370 e. The molecule has 0 aliphatic heterocycles. The van der Waals surface area contributed by atoms with Crippen LogP contribution in [0.4, 0.5) is 5.82 Å². The SMILES string of the molecule is CCNc1cc(SC)nc(Cl)n1. The van der Waals surface area contributed by atoms with Crippen LogP contribution in [0.25, 0.3) is 0 Å². The van der Waals surface area contributed by atoms with Crippen molar-refractivity contribution in [2.45, 2.75) is 11.9 Å². The van der Waals surface area contributed by atoms with Crippen LogP contribution in [0, 0.1) is 0 Å². The molecule has 0 aromatic carbocycles. The van der Waals surface area contributed by atoms with Crippen molar-refractivity contribution >= 4 is 29.2 Å². The minimum atomic E-state index is 0.290. The van der Waals surface area contributed by atoms with Gasteiger partial charge in [0, 0.05) is 12.6 Å². The molecule has 0 spiro atoms. The molecule has 0 aliphatic rings. The maximum Gasteiger partial charge on any atom is 0.225 e. The molecule has 0 saturated heterocycles. The summed E-state index contributed by atoms with van der Waals surface area (Å²) in [6, 6.07) is 1.88. The monoisotopic (exact) mass is 203 g/mol. The van der Waals surface area contributed by atoms with Crippen LogP contribution in [-0.2, 0) is 0 Å². The van der Waals surface area contributed by atoms with Gasteiger partial charge in [0.1, 0.15) is 10.8 Å². The fourth-order valence-electron chi connectivity index (χ4n) is 0.773. The molecule has 0 fully saturated rings. The van der Waals surface area contributed by atoms with E-state index in [0.717, 1.165) is 17.4 Å². The molecule has 0 saturated carbocycles. The molecule has 0 amide bonds. The molecule has 3 nitrogen and oxygen atoms in total. The number of hydrogen-bond donors (Lipinski definition) is 1. The zero-order valence-corrected chi connectivity index (χ0v) is 8.54. The van der Waals surface area contributed by atoms with Gasteiger partial charge < -0.3 is 5.32 Å². The summed E-state index contributed by atoms with van der Waals surface area (Å²) in [5.41, 5.74) is 0. The van der Waals surface area contributed by atoms with Crippen LogP contribution in [0.5, 0.6) is 0 Å². The van der Waals surface area contributed by atoms with Crippen molar-refractivity contribution in [2.24, 2.45) is 0 Å². The molecule has 0 unspecified atom stereocenters. The highest BCUT2D eigenvalue weighted by Crippen LogP contribution is 2.17. The molecule has 0 aliphatic carbocycles. The zero-order valence-electron chi connectivity index (χ0n) is 6.97. The summed E-state index contributed by atoms with van der Waals surface area (Å²) in [6.45, 7) is 2.84. The maximum atomic E-state index is 5.69. The molecule has 12 heavy (non-hydrogen) atoms. The van der Waals surface area contributed by atoms with E-state index in [1.165, 1.54) is 0 Å². The van der Waals surface area contributed by atoms with E-state index in [0.29, 0.717) is 0 Å². The topological polar surface area (TPSA) is 37.8 Å². The first-order valence-electron chi connectivity index (χ1n) is 3.58. The Bertz CT molecular complexity index is 267. The van der Waals surface area contributed by atoms with E-state index < -0.39 is 0 Å². The number of anilines is 1. The Labute approximate surface area is 80.9 Å². The molecular formula is C7H10ClN3S.